The van der Waals surface area contributed by atoms with Crippen molar-refractivity contribution in [1.82, 2.24) is 9.80 Å². The Morgan fingerprint density at radius 2 is 1.88 bits per heavy atom. The number of likely N-dealkylation sites (tertiary alicyclic amines) is 2. The maximum Gasteiger partial charge on any atom is 0.227 e. The third-order valence-corrected chi connectivity index (χ3v) is 5.48. The van der Waals surface area contributed by atoms with Gasteiger partial charge < -0.3 is 19.3 Å². The van der Waals surface area contributed by atoms with Gasteiger partial charge in [-0.15, -0.1) is 0 Å². The first-order valence-corrected chi connectivity index (χ1v) is 8.84. The van der Waals surface area contributed by atoms with E-state index in [0.29, 0.717) is 18.5 Å². The Balaban J connectivity index is 1.72. The predicted octanol–water partition coefficient (Wildman–Crippen LogP) is 2.33. The number of hydrogen-bond acceptors (Lipinski definition) is 4. The van der Waals surface area contributed by atoms with Crippen molar-refractivity contribution in [2.24, 2.45) is 0 Å². The van der Waals surface area contributed by atoms with Crippen molar-refractivity contribution in [2.45, 2.75) is 44.2 Å². The Labute approximate surface area is 144 Å². The maximum absolute atomic E-state index is 12.9. The molecular weight excluding hydrogens is 304 g/mol. The zero-order valence-electron chi connectivity index (χ0n) is 15.0. The molecule has 0 spiro atoms. The van der Waals surface area contributed by atoms with Crippen LogP contribution in [0.25, 0.3) is 0 Å². The minimum absolute atomic E-state index is 0.210. The molecule has 2 saturated heterocycles. The van der Waals surface area contributed by atoms with Crippen LogP contribution >= 0.6 is 0 Å². The van der Waals surface area contributed by atoms with E-state index in [-0.39, 0.29) is 5.91 Å². The molecule has 3 rings (SSSR count). The summed E-state index contributed by atoms with van der Waals surface area (Å²) in [7, 11) is 5.45. The van der Waals surface area contributed by atoms with Crippen LogP contribution in [-0.4, -0.2) is 62.1 Å². The second kappa shape index (κ2) is 7.43. The average molecular weight is 332 g/mol. The van der Waals surface area contributed by atoms with Crippen molar-refractivity contribution in [3.8, 4) is 11.5 Å². The van der Waals surface area contributed by atoms with Crippen molar-refractivity contribution in [3.05, 3.63) is 23.8 Å². The molecule has 2 aliphatic heterocycles. The van der Waals surface area contributed by atoms with Crippen LogP contribution in [0.4, 0.5) is 0 Å². The summed E-state index contributed by atoms with van der Waals surface area (Å²) < 4.78 is 10.7. The number of benzene rings is 1. The van der Waals surface area contributed by atoms with Gasteiger partial charge in [-0.2, -0.15) is 0 Å². The van der Waals surface area contributed by atoms with E-state index in [1.54, 1.807) is 14.2 Å². The minimum Gasteiger partial charge on any atom is -0.497 e. The van der Waals surface area contributed by atoms with E-state index in [0.717, 1.165) is 43.0 Å². The van der Waals surface area contributed by atoms with Crippen molar-refractivity contribution in [3.63, 3.8) is 0 Å². The first-order valence-electron chi connectivity index (χ1n) is 8.84. The van der Waals surface area contributed by atoms with Crippen LogP contribution in [-0.2, 0) is 11.2 Å². The fraction of sp³-hybridized carbons (Fsp3) is 0.632. The molecule has 24 heavy (non-hydrogen) atoms. The summed E-state index contributed by atoms with van der Waals surface area (Å²) in [6.45, 7) is 2.03. The van der Waals surface area contributed by atoms with E-state index in [4.69, 9.17) is 9.47 Å². The largest absolute Gasteiger partial charge is 0.497 e. The van der Waals surface area contributed by atoms with Gasteiger partial charge in [0, 0.05) is 30.3 Å². The third-order valence-electron chi connectivity index (χ3n) is 5.48. The number of carbonyl (C=O) groups excluding carboxylic acids is 1. The Hall–Kier alpha value is -1.75. The van der Waals surface area contributed by atoms with Crippen LogP contribution < -0.4 is 9.47 Å². The Morgan fingerprint density at radius 3 is 2.54 bits per heavy atom. The molecule has 132 valence electrons. The first kappa shape index (κ1) is 17.1. The normalized spacial score (nSPS) is 24.4. The zero-order chi connectivity index (χ0) is 17.1. The van der Waals surface area contributed by atoms with Gasteiger partial charge in [0.2, 0.25) is 5.91 Å². The fourth-order valence-electron chi connectivity index (χ4n) is 4.19. The highest BCUT2D eigenvalue weighted by molar-refractivity contribution is 5.80. The highest BCUT2D eigenvalue weighted by atomic mass is 16.5. The number of amides is 1. The molecule has 2 aliphatic rings. The molecule has 0 N–H and O–H groups in total. The van der Waals surface area contributed by atoms with Gasteiger partial charge in [-0.05, 0) is 45.3 Å². The van der Waals surface area contributed by atoms with Crippen molar-refractivity contribution in [1.29, 1.82) is 0 Å². The number of hydrogen-bond donors (Lipinski definition) is 0. The van der Waals surface area contributed by atoms with Crippen LogP contribution in [0.2, 0.25) is 0 Å². The molecule has 0 saturated carbocycles. The summed E-state index contributed by atoms with van der Waals surface area (Å²) in [5.41, 5.74) is 0.925. The number of methoxy groups -OCH3 is 2. The van der Waals surface area contributed by atoms with Crippen LogP contribution in [0.15, 0.2) is 18.2 Å². The second-order valence-corrected chi connectivity index (χ2v) is 6.84. The topological polar surface area (TPSA) is 42.0 Å². The van der Waals surface area contributed by atoms with E-state index in [9.17, 15) is 4.79 Å². The molecule has 2 heterocycles. The first-order chi connectivity index (χ1) is 11.6. The quantitative estimate of drug-likeness (QED) is 0.830. The smallest absolute Gasteiger partial charge is 0.227 e. The SMILES string of the molecule is COc1ccc(CC(=O)N2CCC[C@@H]2[C@H]2CCCN2C)c(OC)c1. The highest BCUT2D eigenvalue weighted by Gasteiger charge is 2.38. The summed E-state index contributed by atoms with van der Waals surface area (Å²) in [6.07, 6.45) is 5.07. The molecule has 0 aromatic heterocycles. The lowest BCUT2D eigenvalue weighted by atomic mass is 10.0. The van der Waals surface area contributed by atoms with Gasteiger partial charge in [0.25, 0.3) is 0 Å². The third kappa shape index (κ3) is 3.36. The molecule has 2 fully saturated rings. The van der Waals surface area contributed by atoms with Crippen molar-refractivity contribution < 1.29 is 14.3 Å². The van der Waals surface area contributed by atoms with Gasteiger partial charge in [-0.1, -0.05) is 6.07 Å². The van der Waals surface area contributed by atoms with Crippen LogP contribution in [0.5, 0.6) is 11.5 Å². The van der Waals surface area contributed by atoms with Crippen LogP contribution in [0.1, 0.15) is 31.2 Å². The summed E-state index contributed by atoms with van der Waals surface area (Å²) >= 11 is 0. The van der Waals surface area contributed by atoms with E-state index in [1.165, 1.54) is 12.8 Å². The summed E-state index contributed by atoms with van der Waals surface area (Å²) in [5.74, 6) is 1.67. The second-order valence-electron chi connectivity index (χ2n) is 6.84. The minimum atomic E-state index is 0.210. The lowest BCUT2D eigenvalue weighted by Gasteiger charge is -2.33. The van der Waals surface area contributed by atoms with Crippen LogP contribution in [0.3, 0.4) is 0 Å². The van der Waals surface area contributed by atoms with Crippen molar-refractivity contribution >= 4 is 5.91 Å². The molecule has 0 bridgehead atoms. The lowest BCUT2D eigenvalue weighted by molar-refractivity contribution is -0.132. The maximum atomic E-state index is 12.9. The predicted molar refractivity (Wildman–Crippen MR) is 93.6 cm³/mol. The fourth-order valence-corrected chi connectivity index (χ4v) is 4.19. The molecule has 0 aliphatic carbocycles. The van der Waals surface area contributed by atoms with Gasteiger partial charge in [0.05, 0.1) is 20.6 Å². The summed E-state index contributed by atoms with van der Waals surface area (Å²) in [5, 5.41) is 0. The highest BCUT2D eigenvalue weighted by Crippen LogP contribution is 2.31. The van der Waals surface area contributed by atoms with Crippen LogP contribution in [0, 0.1) is 0 Å². The molecule has 1 amide bonds. The van der Waals surface area contributed by atoms with E-state index < -0.39 is 0 Å². The van der Waals surface area contributed by atoms with Gasteiger partial charge >= 0.3 is 0 Å². The average Bonchev–Trinajstić information content (AvgIpc) is 3.23. The molecule has 0 unspecified atom stereocenters. The Bertz CT molecular complexity index is 590. The monoisotopic (exact) mass is 332 g/mol. The number of ether oxygens (including phenoxy) is 2. The van der Waals surface area contributed by atoms with Gasteiger partial charge in [-0.3, -0.25) is 4.79 Å². The molecular formula is C19H28N2O3. The van der Waals surface area contributed by atoms with E-state index >= 15 is 0 Å². The Kier molecular flexibility index (Phi) is 5.29. The molecule has 1 aromatic rings. The summed E-state index contributed by atoms with van der Waals surface area (Å²) in [6, 6.07) is 6.55. The van der Waals surface area contributed by atoms with Gasteiger partial charge in [0.1, 0.15) is 11.5 Å². The van der Waals surface area contributed by atoms with Crippen molar-refractivity contribution in [2.75, 3.05) is 34.4 Å². The van der Waals surface area contributed by atoms with Gasteiger partial charge in [0.15, 0.2) is 0 Å². The number of carbonyl (C=O) groups is 1. The molecule has 1 aromatic carbocycles. The summed E-state index contributed by atoms with van der Waals surface area (Å²) in [4.78, 5) is 17.5. The Morgan fingerprint density at radius 1 is 1.12 bits per heavy atom. The molecule has 2 atom stereocenters. The van der Waals surface area contributed by atoms with E-state index in [1.807, 2.05) is 18.2 Å². The molecule has 5 heteroatoms. The van der Waals surface area contributed by atoms with Gasteiger partial charge in [-0.25, -0.2) is 0 Å². The molecule has 5 nitrogen and oxygen atoms in total. The standard InChI is InChI=1S/C19H28N2O3/c1-20-10-4-6-16(20)17-7-5-11-21(17)19(22)12-14-8-9-15(23-2)13-18(14)24-3/h8-9,13,16-17H,4-7,10-12H2,1-3H3/t16-,17-/m1/s1. The number of rotatable bonds is 5. The zero-order valence-corrected chi connectivity index (χ0v) is 15.0. The molecule has 0 radical (unpaired) electrons. The number of likely N-dealkylation sites (N-methyl/N-ethyl adjacent to an activating group) is 1. The van der Waals surface area contributed by atoms with E-state index in [2.05, 4.69) is 16.8 Å². The lowest BCUT2D eigenvalue weighted by Crippen LogP contribution is -2.47. The number of nitrogens with zero attached hydrogens (tertiary/aromatic N) is 2.